The lowest BCUT2D eigenvalue weighted by molar-refractivity contribution is -0.385. The Morgan fingerprint density at radius 3 is 2.46 bits per heavy atom. The highest BCUT2D eigenvalue weighted by molar-refractivity contribution is 6.31. The van der Waals surface area contributed by atoms with Crippen LogP contribution in [0.1, 0.15) is 15.9 Å². The van der Waals surface area contributed by atoms with Crippen LogP contribution in [0.15, 0.2) is 42.5 Å². The summed E-state index contributed by atoms with van der Waals surface area (Å²) in [4.78, 5) is 22.3. The summed E-state index contributed by atoms with van der Waals surface area (Å²) < 4.78 is 42.6. The van der Waals surface area contributed by atoms with Crippen LogP contribution in [0.4, 0.5) is 18.9 Å². The van der Waals surface area contributed by atoms with Gasteiger partial charge in [0, 0.05) is 17.6 Å². The van der Waals surface area contributed by atoms with Crippen molar-refractivity contribution in [3.63, 3.8) is 0 Å². The number of hydrogen-bond acceptors (Lipinski definition) is 5. The molecule has 2 rings (SSSR count). The number of hydrogen-bond donors (Lipinski definition) is 2. The third-order valence-electron chi connectivity index (χ3n) is 3.52. The van der Waals surface area contributed by atoms with E-state index in [0.29, 0.717) is 0 Å². The van der Waals surface area contributed by atoms with E-state index in [2.05, 4.69) is 5.32 Å². The zero-order chi connectivity index (χ0) is 20.9. The number of aliphatic hydroxyl groups excluding tert-OH is 1. The molecule has 0 aromatic heterocycles. The van der Waals surface area contributed by atoms with E-state index in [1.807, 2.05) is 0 Å². The zero-order valence-electron chi connectivity index (χ0n) is 14.1. The largest absolute Gasteiger partial charge is 0.491 e. The van der Waals surface area contributed by atoms with E-state index in [1.165, 1.54) is 12.1 Å². The predicted octanol–water partition coefficient (Wildman–Crippen LogP) is 3.44. The number of aliphatic hydroxyl groups is 1. The summed E-state index contributed by atoms with van der Waals surface area (Å²) in [5, 5.41) is 23.2. The first kappa shape index (κ1) is 21.5. The molecule has 1 amide bonds. The van der Waals surface area contributed by atoms with Crippen LogP contribution in [0.3, 0.4) is 0 Å². The molecule has 0 radical (unpaired) electrons. The van der Waals surface area contributed by atoms with E-state index >= 15 is 0 Å². The quantitative estimate of drug-likeness (QED) is 0.530. The topological polar surface area (TPSA) is 102 Å². The lowest BCUT2D eigenvalue weighted by Crippen LogP contribution is -2.35. The number of halogens is 4. The normalized spacial score (nSPS) is 12.3. The van der Waals surface area contributed by atoms with Gasteiger partial charge >= 0.3 is 6.18 Å². The molecule has 150 valence electrons. The lowest BCUT2D eigenvalue weighted by atomic mass is 10.1. The molecule has 0 saturated heterocycles. The average molecular weight is 419 g/mol. The fraction of sp³-hybridized carbons (Fsp3) is 0.235. The molecule has 0 aliphatic carbocycles. The summed E-state index contributed by atoms with van der Waals surface area (Å²) in [6.07, 6.45) is -5.66. The van der Waals surface area contributed by atoms with E-state index in [1.54, 1.807) is 0 Å². The molecule has 0 spiro atoms. The molecule has 0 fully saturated rings. The van der Waals surface area contributed by atoms with E-state index in [-0.39, 0.29) is 29.5 Å². The Morgan fingerprint density at radius 2 is 1.89 bits per heavy atom. The minimum atomic E-state index is -4.47. The number of nitrogens with one attached hydrogen (secondary N) is 1. The first-order chi connectivity index (χ1) is 13.1. The molecule has 0 aliphatic heterocycles. The summed E-state index contributed by atoms with van der Waals surface area (Å²) in [7, 11) is 0. The zero-order valence-corrected chi connectivity index (χ0v) is 14.8. The Morgan fingerprint density at radius 1 is 1.25 bits per heavy atom. The number of ether oxygens (including phenoxy) is 1. The van der Waals surface area contributed by atoms with Gasteiger partial charge in [0.05, 0.1) is 10.5 Å². The summed E-state index contributed by atoms with van der Waals surface area (Å²) in [5.74, 6) is -0.691. The maximum absolute atomic E-state index is 12.5. The van der Waals surface area contributed by atoms with Gasteiger partial charge in [-0.1, -0.05) is 11.6 Å². The Labute approximate surface area is 161 Å². The van der Waals surface area contributed by atoms with Crippen molar-refractivity contribution in [2.24, 2.45) is 0 Å². The second kappa shape index (κ2) is 8.89. The maximum atomic E-state index is 12.5. The lowest BCUT2D eigenvalue weighted by Gasteiger charge is -2.14. The number of nitro benzene ring substituents is 1. The van der Waals surface area contributed by atoms with Crippen molar-refractivity contribution in [1.29, 1.82) is 0 Å². The van der Waals surface area contributed by atoms with Gasteiger partial charge in [-0.2, -0.15) is 13.2 Å². The monoisotopic (exact) mass is 418 g/mol. The van der Waals surface area contributed by atoms with Crippen LogP contribution in [0.2, 0.25) is 5.02 Å². The van der Waals surface area contributed by atoms with Gasteiger partial charge in [-0.15, -0.1) is 0 Å². The number of carbonyl (C=O) groups excluding carboxylic acids is 1. The van der Waals surface area contributed by atoms with Gasteiger partial charge in [0.15, 0.2) is 0 Å². The third-order valence-corrected chi connectivity index (χ3v) is 3.76. The van der Waals surface area contributed by atoms with Gasteiger partial charge in [-0.05, 0) is 36.4 Å². The van der Waals surface area contributed by atoms with Crippen molar-refractivity contribution < 1.29 is 32.7 Å². The minimum absolute atomic E-state index is 0.0910. The smallest absolute Gasteiger partial charge is 0.416 e. The molecule has 2 N–H and O–H groups in total. The summed E-state index contributed by atoms with van der Waals surface area (Å²) in [6.45, 7) is -0.604. The predicted molar refractivity (Wildman–Crippen MR) is 93.4 cm³/mol. The van der Waals surface area contributed by atoms with Crippen LogP contribution in [0.5, 0.6) is 5.75 Å². The number of amides is 1. The molecule has 0 bridgehead atoms. The van der Waals surface area contributed by atoms with Crippen molar-refractivity contribution >= 4 is 23.2 Å². The maximum Gasteiger partial charge on any atom is 0.416 e. The molecule has 11 heteroatoms. The number of carbonyl (C=O) groups is 1. The van der Waals surface area contributed by atoms with Crippen LogP contribution < -0.4 is 10.1 Å². The first-order valence-electron chi connectivity index (χ1n) is 7.78. The molecule has 7 nitrogen and oxygen atoms in total. The van der Waals surface area contributed by atoms with Crippen molar-refractivity contribution in [2.75, 3.05) is 13.2 Å². The summed E-state index contributed by atoms with van der Waals surface area (Å²) in [5.41, 5.74) is -1.55. The highest BCUT2D eigenvalue weighted by atomic mass is 35.5. The molecule has 0 saturated carbocycles. The van der Waals surface area contributed by atoms with Crippen molar-refractivity contribution in [1.82, 2.24) is 5.32 Å². The van der Waals surface area contributed by atoms with Crippen LogP contribution in [-0.4, -0.2) is 35.2 Å². The Hall–Kier alpha value is -2.85. The van der Waals surface area contributed by atoms with Gasteiger partial charge < -0.3 is 15.2 Å². The van der Waals surface area contributed by atoms with Crippen LogP contribution in [-0.2, 0) is 6.18 Å². The molecule has 2 aromatic rings. The first-order valence-corrected chi connectivity index (χ1v) is 8.16. The molecule has 1 atom stereocenters. The number of benzene rings is 2. The SMILES string of the molecule is O=C(NCC(O)COc1ccc(C(F)(F)F)cc1)c1ccc(Cl)cc1[N+](=O)[O-]. The summed E-state index contributed by atoms with van der Waals surface area (Å²) >= 11 is 5.67. The van der Waals surface area contributed by atoms with Crippen LogP contribution in [0.25, 0.3) is 0 Å². The molecule has 2 aromatic carbocycles. The van der Waals surface area contributed by atoms with Gasteiger partial charge in [0.25, 0.3) is 11.6 Å². The standard InChI is InChI=1S/C17H14ClF3N2O5/c18-11-3-6-14(15(7-11)23(26)27)16(25)22-8-12(24)9-28-13-4-1-10(2-5-13)17(19,20)21/h1-7,12,24H,8-9H2,(H,22,25). The molecule has 0 heterocycles. The fourth-order valence-corrected chi connectivity index (χ4v) is 2.31. The fourth-order valence-electron chi connectivity index (χ4n) is 2.15. The number of rotatable bonds is 7. The Kier molecular flexibility index (Phi) is 6.81. The second-order valence-corrected chi connectivity index (χ2v) is 6.05. The molecule has 0 aliphatic rings. The van der Waals surface area contributed by atoms with Gasteiger partial charge in [-0.3, -0.25) is 14.9 Å². The summed E-state index contributed by atoms with van der Waals surface area (Å²) in [6, 6.07) is 7.40. The van der Waals surface area contributed by atoms with E-state index in [4.69, 9.17) is 16.3 Å². The molecular formula is C17H14ClF3N2O5. The average Bonchev–Trinajstić information content (AvgIpc) is 2.63. The molecule has 28 heavy (non-hydrogen) atoms. The van der Waals surface area contributed by atoms with Gasteiger partial charge in [0.2, 0.25) is 0 Å². The minimum Gasteiger partial charge on any atom is -0.491 e. The number of nitro groups is 1. The van der Waals surface area contributed by atoms with Crippen LogP contribution in [0, 0.1) is 10.1 Å². The van der Waals surface area contributed by atoms with E-state index in [0.717, 1.165) is 30.3 Å². The third kappa shape index (κ3) is 5.83. The number of nitrogens with zero attached hydrogens (tertiary/aromatic N) is 1. The van der Waals surface area contributed by atoms with Gasteiger partial charge in [0.1, 0.15) is 24.0 Å². The highest BCUT2D eigenvalue weighted by Crippen LogP contribution is 2.30. The Bertz CT molecular complexity index is 859. The second-order valence-electron chi connectivity index (χ2n) is 5.62. The molecule has 1 unspecified atom stereocenters. The van der Waals surface area contributed by atoms with Crippen molar-refractivity contribution in [2.45, 2.75) is 12.3 Å². The Balaban J connectivity index is 1.88. The highest BCUT2D eigenvalue weighted by Gasteiger charge is 2.30. The number of alkyl halides is 3. The molecular weight excluding hydrogens is 405 g/mol. The van der Waals surface area contributed by atoms with Crippen molar-refractivity contribution in [3.05, 3.63) is 68.7 Å². The van der Waals surface area contributed by atoms with E-state index < -0.39 is 34.4 Å². The van der Waals surface area contributed by atoms with Crippen molar-refractivity contribution in [3.8, 4) is 5.75 Å². The van der Waals surface area contributed by atoms with Gasteiger partial charge in [-0.25, -0.2) is 0 Å². The van der Waals surface area contributed by atoms with E-state index in [9.17, 15) is 33.2 Å². The van der Waals surface area contributed by atoms with Crippen LogP contribution >= 0.6 is 11.6 Å².